The van der Waals surface area contributed by atoms with Crippen molar-refractivity contribution < 1.29 is 22.7 Å². The number of hydrogen-bond donors (Lipinski definition) is 1. The molecule has 1 fully saturated rings. The Morgan fingerprint density at radius 2 is 2.05 bits per heavy atom. The van der Waals surface area contributed by atoms with Gasteiger partial charge in [0, 0.05) is 39.1 Å². The molecule has 22 heavy (non-hydrogen) atoms. The number of esters is 1. The van der Waals surface area contributed by atoms with Gasteiger partial charge < -0.3 is 10.1 Å². The Labute approximate surface area is 127 Å². The highest BCUT2D eigenvalue weighted by Crippen LogP contribution is 2.35. The molecule has 1 aromatic rings. The molecule has 0 aliphatic carbocycles. The second-order valence-electron chi connectivity index (χ2n) is 5.29. The van der Waals surface area contributed by atoms with E-state index >= 15 is 0 Å². The number of ether oxygens (including phenoxy) is 1. The van der Waals surface area contributed by atoms with Crippen molar-refractivity contribution in [2.24, 2.45) is 0 Å². The van der Waals surface area contributed by atoms with E-state index in [2.05, 4.69) is 5.32 Å². The largest absolute Gasteiger partial charge is 0.427 e. The molecule has 2 rings (SSSR count). The highest BCUT2D eigenvalue weighted by molar-refractivity contribution is 5.69. The van der Waals surface area contributed by atoms with Crippen LogP contribution in [0.15, 0.2) is 24.3 Å². The molecule has 0 bridgehead atoms. The molecule has 1 aliphatic rings. The van der Waals surface area contributed by atoms with Gasteiger partial charge in [0.15, 0.2) is 0 Å². The van der Waals surface area contributed by atoms with Crippen molar-refractivity contribution in [3.05, 3.63) is 29.8 Å². The smallest absolute Gasteiger partial charge is 0.390 e. The van der Waals surface area contributed by atoms with Crippen LogP contribution in [0.1, 0.15) is 24.9 Å². The molecule has 1 N–H and O–H groups in total. The molecule has 1 heterocycles. The van der Waals surface area contributed by atoms with Crippen molar-refractivity contribution >= 4 is 5.97 Å². The topological polar surface area (TPSA) is 41.6 Å². The van der Waals surface area contributed by atoms with E-state index in [1.165, 1.54) is 13.0 Å². The molecule has 4 nitrogen and oxygen atoms in total. The number of hydrogen-bond acceptors (Lipinski definition) is 4. The Balaban J connectivity index is 2.25. The van der Waals surface area contributed by atoms with E-state index in [-0.39, 0.29) is 5.75 Å². The molecule has 1 aliphatic heterocycles. The molecule has 122 valence electrons. The van der Waals surface area contributed by atoms with E-state index in [1.54, 1.807) is 18.2 Å². The SMILES string of the molecule is CC(=O)Oc1cccc([C@H](CC(F)(F)F)N2CCNCC2)c1. The molecule has 1 saturated heterocycles. The van der Waals surface area contributed by atoms with Gasteiger partial charge in [-0.05, 0) is 17.7 Å². The zero-order chi connectivity index (χ0) is 16.2. The summed E-state index contributed by atoms with van der Waals surface area (Å²) in [5.74, 6) is -0.223. The summed E-state index contributed by atoms with van der Waals surface area (Å²) >= 11 is 0. The third-order valence-electron chi connectivity index (χ3n) is 3.52. The van der Waals surface area contributed by atoms with E-state index in [4.69, 9.17) is 4.74 Å². The lowest BCUT2D eigenvalue weighted by Gasteiger charge is -2.35. The molecule has 0 saturated carbocycles. The highest BCUT2D eigenvalue weighted by Gasteiger charge is 2.36. The molecule has 1 atom stereocenters. The molecule has 0 amide bonds. The normalized spacial score (nSPS) is 18.0. The quantitative estimate of drug-likeness (QED) is 0.684. The summed E-state index contributed by atoms with van der Waals surface area (Å²) in [5, 5.41) is 3.13. The number of halogens is 3. The number of piperazine rings is 1. The van der Waals surface area contributed by atoms with Crippen molar-refractivity contribution in [3.8, 4) is 5.75 Å². The fraction of sp³-hybridized carbons (Fsp3) is 0.533. The zero-order valence-electron chi connectivity index (χ0n) is 12.3. The summed E-state index contributed by atoms with van der Waals surface area (Å²) in [7, 11) is 0. The Hall–Kier alpha value is -1.60. The van der Waals surface area contributed by atoms with Crippen molar-refractivity contribution in [2.45, 2.75) is 25.6 Å². The summed E-state index contributed by atoms with van der Waals surface area (Å²) < 4.78 is 43.8. The number of alkyl halides is 3. The van der Waals surface area contributed by atoms with Crippen molar-refractivity contribution in [1.29, 1.82) is 0 Å². The van der Waals surface area contributed by atoms with Crippen LogP contribution in [0.4, 0.5) is 13.2 Å². The number of benzene rings is 1. The van der Waals surface area contributed by atoms with E-state index in [0.29, 0.717) is 31.7 Å². The Morgan fingerprint density at radius 1 is 1.36 bits per heavy atom. The molecular formula is C15H19F3N2O2. The monoisotopic (exact) mass is 316 g/mol. The molecule has 0 radical (unpaired) electrons. The van der Waals surface area contributed by atoms with E-state index < -0.39 is 24.6 Å². The minimum Gasteiger partial charge on any atom is -0.427 e. The van der Waals surface area contributed by atoms with Gasteiger partial charge in [-0.15, -0.1) is 0 Å². The van der Waals surface area contributed by atoms with Gasteiger partial charge in [-0.25, -0.2) is 0 Å². The highest BCUT2D eigenvalue weighted by atomic mass is 19.4. The van der Waals surface area contributed by atoms with Crippen LogP contribution in [0.25, 0.3) is 0 Å². The molecular weight excluding hydrogens is 297 g/mol. The molecule has 0 spiro atoms. The standard InChI is InChI=1S/C15H19F3N2O2/c1-11(21)22-13-4-2-3-12(9-13)14(10-15(16,17)18)20-7-5-19-6-8-20/h2-4,9,14,19H,5-8,10H2,1H3/t14-/m0/s1. The predicted molar refractivity (Wildman–Crippen MR) is 75.6 cm³/mol. The number of carbonyl (C=O) groups is 1. The first-order valence-corrected chi connectivity index (χ1v) is 7.15. The van der Waals surface area contributed by atoms with E-state index in [0.717, 1.165) is 0 Å². The first kappa shape index (κ1) is 16.8. The average Bonchev–Trinajstić information content (AvgIpc) is 2.44. The van der Waals surface area contributed by atoms with Gasteiger partial charge in [0.1, 0.15) is 5.75 Å². The van der Waals surface area contributed by atoms with Crippen LogP contribution in [-0.2, 0) is 4.79 Å². The summed E-state index contributed by atoms with van der Waals surface area (Å²) in [4.78, 5) is 12.8. The van der Waals surface area contributed by atoms with Crippen LogP contribution in [0.5, 0.6) is 5.75 Å². The first-order valence-electron chi connectivity index (χ1n) is 7.15. The van der Waals surface area contributed by atoms with Gasteiger partial charge in [0.2, 0.25) is 0 Å². The number of carbonyl (C=O) groups excluding carboxylic acids is 1. The minimum absolute atomic E-state index is 0.271. The second kappa shape index (κ2) is 7.11. The molecule has 7 heteroatoms. The lowest BCUT2D eigenvalue weighted by atomic mass is 10.0. The van der Waals surface area contributed by atoms with Gasteiger partial charge in [-0.2, -0.15) is 13.2 Å². The minimum atomic E-state index is -4.26. The second-order valence-corrected chi connectivity index (χ2v) is 5.29. The number of nitrogens with zero attached hydrogens (tertiary/aromatic N) is 1. The zero-order valence-corrected chi connectivity index (χ0v) is 12.3. The third kappa shape index (κ3) is 4.99. The maximum absolute atomic E-state index is 12.9. The fourth-order valence-corrected chi connectivity index (χ4v) is 2.62. The lowest BCUT2D eigenvalue weighted by molar-refractivity contribution is -0.148. The van der Waals surface area contributed by atoms with Crippen molar-refractivity contribution in [2.75, 3.05) is 26.2 Å². The maximum atomic E-state index is 12.9. The molecule has 0 unspecified atom stereocenters. The van der Waals surface area contributed by atoms with Crippen LogP contribution in [0.2, 0.25) is 0 Å². The van der Waals surface area contributed by atoms with Crippen LogP contribution in [0, 0.1) is 0 Å². The van der Waals surface area contributed by atoms with E-state index in [1.807, 2.05) is 4.90 Å². The van der Waals surface area contributed by atoms with Crippen LogP contribution >= 0.6 is 0 Å². The predicted octanol–water partition coefficient (Wildman–Crippen LogP) is 2.51. The summed E-state index contributed by atoms with van der Waals surface area (Å²) in [6, 6.07) is 5.57. The molecule has 1 aromatic carbocycles. The van der Waals surface area contributed by atoms with Gasteiger partial charge in [-0.1, -0.05) is 12.1 Å². The van der Waals surface area contributed by atoms with Gasteiger partial charge in [-0.3, -0.25) is 9.69 Å². The maximum Gasteiger partial charge on any atom is 0.390 e. The molecule has 0 aromatic heterocycles. The summed E-state index contributed by atoms with van der Waals surface area (Å²) in [5.41, 5.74) is 0.512. The van der Waals surface area contributed by atoms with Crippen LogP contribution in [-0.4, -0.2) is 43.2 Å². The van der Waals surface area contributed by atoms with Gasteiger partial charge >= 0.3 is 12.1 Å². The van der Waals surface area contributed by atoms with Gasteiger partial charge in [0.05, 0.1) is 6.42 Å². The first-order chi connectivity index (χ1) is 10.3. The fourth-order valence-electron chi connectivity index (χ4n) is 2.62. The van der Waals surface area contributed by atoms with Crippen molar-refractivity contribution in [1.82, 2.24) is 10.2 Å². The average molecular weight is 316 g/mol. The summed E-state index contributed by atoms with van der Waals surface area (Å²) in [6.45, 7) is 3.70. The Bertz CT molecular complexity index is 514. The van der Waals surface area contributed by atoms with Gasteiger partial charge in [0.25, 0.3) is 0 Å². The Kier molecular flexibility index (Phi) is 5.42. The summed E-state index contributed by atoms with van der Waals surface area (Å²) in [6.07, 6.45) is -5.18. The number of nitrogens with one attached hydrogen (secondary N) is 1. The van der Waals surface area contributed by atoms with Crippen molar-refractivity contribution in [3.63, 3.8) is 0 Å². The van der Waals surface area contributed by atoms with E-state index in [9.17, 15) is 18.0 Å². The Morgan fingerprint density at radius 3 is 2.64 bits per heavy atom. The van der Waals surface area contributed by atoms with Crippen LogP contribution < -0.4 is 10.1 Å². The third-order valence-corrected chi connectivity index (χ3v) is 3.52. The lowest BCUT2D eigenvalue weighted by Crippen LogP contribution is -2.46. The number of rotatable bonds is 4. The van der Waals surface area contributed by atoms with Crippen LogP contribution in [0.3, 0.4) is 0 Å².